The lowest BCUT2D eigenvalue weighted by molar-refractivity contribution is 0.559. The van der Waals surface area contributed by atoms with Gasteiger partial charge in [0, 0.05) is 18.7 Å². The van der Waals surface area contributed by atoms with Gasteiger partial charge >= 0.3 is 0 Å². The number of nitrogens with zero attached hydrogens (tertiary/aromatic N) is 3. The first-order valence-electron chi connectivity index (χ1n) is 6.88. The molecule has 7 heteroatoms. The summed E-state index contributed by atoms with van der Waals surface area (Å²) in [6.07, 6.45) is 0. The molecule has 0 fully saturated rings. The van der Waals surface area contributed by atoms with E-state index in [1.54, 1.807) is 6.07 Å². The SMILES string of the molecule is Cc1nn2c(=O)cc(CNC(C)c3cccc(F)c3)nc2s1. The zero-order valence-corrected chi connectivity index (χ0v) is 13.0. The second-order valence-electron chi connectivity index (χ2n) is 5.06. The van der Waals surface area contributed by atoms with Crippen LogP contribution < -0.4 is 10.9 Å². The molecule has 114 valence electrons. The van der Waals surface area contributed by atoms with Crippen molar-refractivity contribution in [1.82, 2.24) is 19.9 Å². The molecule has 0 aliphatic rings. The number of rotatable bonds is 4. The molecule has 0 radical (unpaired) electrons. The highest BCUT2D eigenvalue weighted by Gasteiger charge is 2.09. The lowest BCUT2D eigenvalue weighted by Crippen LogP contribution is -2.22. The first-order chi connectivity index (χ1) is 10.5. The van der Waals surface area contributed by atoms with Crippen molar-refractivity contribution in [1.29, 1.82) is 0 Å². The fourth-order valence-electron chi connectivity index (χ4n) is 2.19. The molecule has 3 rings (SSSR count). The van der Waals surface area contributed by atoms with E-state index in [2.05, 4.69) is 15.4 Å². The zero-order chi connectivity index (χ0) is 15.7. The second kappa shape index (κ2) is 5.94. The van der Waals surface area contributed by atoms with Crippen molar-refractivity contribution in [3.63, 3.8) is 0 Å². The molecule has 0 aliphatic heterocycles. The van der Waals surface area contributed by atoms with Crippen molar-refractivity contribution in [2.24, 2.45) is 0 Å². The highest BCUT2D eigenvalue weighted by Crippen LogP contribution is 2.14. The van der Waals surface area contributed by atoms with Crippen LogP contribution in [-0.4, -0.2) is 14.6 Å². The van der Waals surface area contributed by atoms with Gasteiger partial charge in [-0.25, -0.2) is 9.37 Å². The maximum atomic E-state index is 13.2. The van der Waals surface area contributed by atoms with E-state index in [9.17, 15) is 9.18 Å². The first-order valence-corrected chi connectivity index (χ1v) is 7.70. The summed E-state index contributed by atoms with van der Waals surface area (Å²) in [7, 11) is 0. The molecule has 0 spiro atoms. The van der Waals surface area contributed by atoms with Crippen LogP contribution in [0.1, 0.15) is 29.2 Å². The summed E-state index contributed by atoms with van der Waals surface area (Å²) in [5.41, 5.74) is 1.31. The third kappa shape index (κ3) is 3.05. The van der Waals surface area contributed by atoms with Crippen molar-refractivity contribution in [3.8, 4) is 0 Å². The average Bonchev–Trinajstić information content (AvgIpc) is 2.86. The number of hydrogen-bond acceptors (Lipinski definition) is 5. The van der Waals surface area contributed by atoms with Gasteiger partial charge in [-0.05, 0) is 31.5 Å². The Morgan fingerprint density at radius 1 is 1.41 bits per heavy atom. The number of fused-ring (bicyclic) bond motifs is 1. The highest BCUT2D eigenvalue weighted by molar-refractivity contribution is 7.16. The molecule has 0 aliphatic carbocycles. The maximum Gasteiger partial charge on any atom is 0.275 e. The largest absolute Gasteiger partial charge is 0.305 e. The van der Waals surface area contributed by atoms with Crippen LogP contribution >= 0.6 is 11.3 Å². The third-order valence-electron chi connectivity index (χ3n) is 3.34. The van der Waals surface area contributed by atoms with Gasteiger partial charge in [-0.15, -0.1) is 0 Å². The van der Waals surface area contributed by atoms with Gasteiger partial charge in [-0.3, -0.25) is 4.79 Å². The van der Waals surface area contributed by atoms with Crippen LogP contribution in [-0.2, 0) is 6.54 Å². The lowest BCUT2D eigenvalue weighted by atomic mass is 10.1. The number of nitrogens with one attached hydrogen (secondary N) is 1. The van der Waals surface area contributed by atoms with Gasteiger partial charge in [-0.1, -0.05) is 23.5 Å². The standard InChI is InChI=1S/C15H15FN4OS/c1-9(11-4-3-5-12(16)6-11)17-8-13-7-14(21)20-15(18-13)22-10(2)19-20/h3-7,9,17H,8H2,1-2H3. The van der Waals surface area contributed by atoms with Gasteiger partial charge in [0.25, 0.3) is 5.56 Å². The van der Waals surface area contributed by atoms with E-state index in [0.717, 1.165) is 10.6 Å². The average molecular weight is 318 g/mol. The summed E-state index contributed by atoms with van der Waals surface area (Å²) in [4.78, 5) is 17.0. The van der Waals surface area contributed by atoms with E-state index in [4.69, 9.17) is 0 Å². The van der Waals surface area contributed by atoms with Crippen LogP contribution in [0.4, 0.5) is 4.39 Å². The van der Waals surface area contributed by atoms with Crippen LogP contribution in [0.25, 0.3) is 4.96 Å². The Kier molecular flexibility index (Phi) is 4.00. The zero-order valence-electron chi connectivity index (χ0n) is 12.2. The number of halogens is 1. The number of benzene rings is 1. The molecule has 0 bridgehead atoms. The van der Waals surface area contributed by atoms with E-state index in [-0.39, 0.29) is 17.4 Å². The van der Waals surface area contributed by atoms with Gasteiger partial charge in [-0.2, -0.15) is 9.61 Å². The summed E-state index contributed by atoms with van der Waals surface area (Å²) in [6, 6.07) is 7.88. The molecule has 1 N–H and O–H groups in total. The number of aromatic nitrogens is 3. The summed E-state index contributed by atoms with van der Waals surface area (Å²) in [6.45, 7) is 4.21. The Balaban J connectivity index is 1.77. The molecular weight excluding hydrogens is 303 g/mol. The second-order valence-corrected chi connectivity index (χ2v) is 6.22. The molecule has 5 nitrogen and oxygen atoms in total. The molecule has 0 saturated heterocycles. The Hall–Kier alpha value is -2.12. The van der Waals surface area contributed by atoms with Crippen molar-refractivity contribution in [3.05, 3.63) is 62.8 Å². The fraction of sp³-hybridized carbons (Fsp3) is 0.267. The van der Waals surface area contributed by atoms with E-state index in [1.165, 1.54) is 34.1 Å². The molecule has 22 heavy (non-hydrogen) atoms. The molecule has 0 saturated carbocycles. The molecule has 0 amide bonds. The highest BCUT2D eigenvalue weighted by atomic mass is 32.1. The fourth-order valence-corrected chi connectivity index (χ4v) is 2.96. The van der Waals surface area contributed by atoms with E-state index >= 15 is 0 Å². The normalized spacial score (nSPS) is 12.7. The van der Waals surface area contributed by atoms with E-state index in [0.29, 0.717) is 17.2 Å². The molecule has 1 aromatic carbocycles. The first kappa shape index (κ1) is 14.8. The Bertz CT molecular complexity index is 873. The minimum atomic E-state index is -0.260. The summed E-state index contributed by atoms with van der Waals surface area (Å²) in [5, 5.41) is 8.15. The lowest BCUT2D eigenvalue weighted by Gasteiger charge is -2.13. The van der Waals surface area contributed by atoms with Crippen LogP contribution in [0, 0.1) is 12.7 Å². The smallest absolute Gasteiger partial charge is 0.275 e. The maximum absolute atomic E-state index is 13.2. The predicted octanol–water partition coefficient (Wildman–Crippen LogP) is 2.45. The molecule has 2 heterocycles. The Morgan fingerprint density at radius 3 is 3.00 bits per heavy atom. The quantitative estimate of drug-likeness (QED) is 0.803. The molecule has 2 aromatic heterocycles. The van der Waals surface area contributed by atoms with Crippen LogP contribution in [0.5, 0.6) is 0 Å². The van der Waals surface area contributed by atoms with Crippen LogP contribution in [0.3, 0.4) is 0 Å². The van der Waals surface area contributed by atoms with Gasteiger partial charge in [0.15, 0.2) is 0 Å². The topological polar surface area (TPSA) is 59.3 Å². The number of aryl methyl sites for hydroxylation is 1. The Morgan fingerprint density at radius 2 is 2.23 bits per heavy atom. The van der Waals surface area contributed by atoms with Crippen LogP contribution in [0.2, 0.25) is 0 Å². The van der Waals surface area contributed by atoms with Gasteiger partial charge in [0.2, 0.25) is 4.96 Å². The van der Waals surface area contributed by atoms with Crippen molar-refractivity contribution in [2.75, 3.05) is 0 Å². The molecule has 3 aromatic rings. The Labute approximate surface area is 130 Å². The predicted molar refractivity (Wildman–Crippen MR) is 83.5 cm³/mol. The van der Waals surface area contributed by atoms with Gasteiger partial charge < -0.3 is 5.32 Å². The van der Waals surface area contributed by atoms with Crippen molar-refractivity contribution >= 4 is 16.3 Å². The van der Waals surface area contributed by atoms with Gasteiger partial charge in [0.1, 0.15) is 10.8 Å². The van der Waals surface area contributed by atoms with Crippen molar-refractivity contribution < 1.29 is 4.39 Å². The third-order valence-corrected chi connectivity index (χ3v) is 4.16. The summed E-state index contributed by atoms with van der Waals surface area (Å²) >= 11 is 1.38. The molecule has 1 atom stereocenters. The molecule has 1 unspecified atom stereocenters. The van der Waals surface area contributed by atoms with E-state index < -0.39 is 0 Å². The molecular formula is C15H15FN4OS. The van der Waals surface area contributed by atoms with Crippen molar-refractivity contribution in [2.45, 2.75) is 26.4 Å². The minimum Gasteiger partial charge on any atom is -0.305 e. The summed E-state index contributed by atoms with van der Waals surface area (Å²) < 4.78 is 14.5. The monoisotopic (exact) mass is 318 g/mol. The van der Waals surface area contributed by atoms with Crippen LogP contribution in [0.15, 0.2) is 35.1 Å². The van der Waals surface area contributed by atoms with Gasteiger partial charge in [0.05, 0.1) is 5.69 Å². The minimum absolute atomic E-state index is 0.0425. The summed E-state index contributed by atoms with van der Waals surface area (Å²) in [5.74, 6) is -0.260. The number of hydrogen-bond donors (Lipinski definition) is 1. The van der Waals surface area contributed by atoms with E-state index in [1.807, 2.05) is 19.9 Å².